The van der Waals surface area contributed by atoms with Crippen molar-refractivity contribution in [1.29, 1.82) is 0 Å². The average molecular weight is 373 g/mol. The molecule has 2 aromatic rings. The average Bonchev–Trinajstić information content (AvgIpc) is 3.15. The van der Waals surface area contributed by atoms with Gasteiger partial charge in [-0.05, 0) is 36.8 Å². The van der Waals surface area contributed by atoms with E-state index in [0.29, 0.717) is 17.1 Å². The molecule has 1 aliphatic carbocycles. The molecule has 0 spiro atoms. The lowest BCUT2D eigenvalue weighted by atomic mass is 10.1. The lowest BCUT2D eigenvalue weighted by Crippen LogP contribution is -3.08. The van der Waals surface area contributed by atoms with Crippen molar-refractivity contribution in [2.75, 3.05) is 18.9 Å². The number of hydrogen-bond acceptors (Lipinski definition) is 3. The fourth-order valence-corrected chi connectivity index (χ4v) is 4.81. The number of likely N-dealkylation sites (N-methyl/N-ethyl adjacent to an activating group) is 1. The number of nitrogens with two attached hydrogens (primary N) is 1. The molecule has 26 heavy (non-hydrogen) atoms. The number of nitrogens with one attached hydrogen (secondary N) is 2. The third-order valence-electron chi connectivity index (χ3n) is 4.82. The minimum Gasteiger partial charge on any atom is -0.365 e. The predicted molar refractivity (Wildman–Crippen MR) is 105 cm³/mol. The first-order valence-corrected chi connectivity index (χ1v) is 9.93. The molecule has 1 heterocycles. The van der Waals surface area contributed by atoms with E-state index in [1.54, 1.807) is 0 Å². The highest BCUT2D eigenvalue weighted by atomic mass is 32.1. The van der Waals surface area contributed by atoms with Crippen LogP contribution in [0.5, 0.6) is 0 Å². The number of benzene rings is 1. The van der Waals surface area contributed by atoms with Gasteiger partial charge in [0.05, 0.1) is 12.6 Å². The molecule has 4 N–H and O–H groups in total. The second-order valence-corrected chi connectivity index (χ2v) is 8.06. The van der Waals surface area contributed by atoms with E-state index >= 15 is 0 Å². The molecule has 3 rings (SSSR count). The molecule has 1 atom stereocenters. The van der Waals surface area contributed by atoms with Crippen LogP contribution >= 0.6 is 11.3 Å². The van der Waals surface area contributed by atoms with Crippen LogP contribution in [0.2, 0.25) is 0 Å². The van der Waals surface area contributed by atoms with Gasteiger partial charge in [0.15, 0.2) is 6.54 Å². The van der Waals surface area contributed by atoms with Gasteiger partial charge >= 0.3 is 0 Å². The summed E-state index contributed by atoms with van der Waals surface area (Å²) in [5, 5.41) is 3.53. The van der Waals surface area contributed by atoms with Gasteiger partial charge in [-0.15, -0.1) is 11.3 Å². The Morgan fingerprint density at radius 3 is 2.54 bits per heavy atom. The number of fused-ring (bicyclic) bond motifs is 1. The van der Waals surface area contributed by atoms with Crippen LogP contribution in [0.4, 0.5) is 5.00 Å². The zero-order valence-electron chi connectivity index (χ0n) is 15.4. The summed E-state index contributed by atoms with van der Waals surface area (Å²) in [6, 6.07) is 8.51. The number of thiophene rings is 1. The van der Waals surface area contributed by atoms with Crippen molar-refractivity contribution in [3.63, 3.8) is 0 Å². The summed E-state index contributed by atoms with van der Waals surface area (Å²) < 4.78 is 0. The Bertz CT molecular complexity index is 811. The van der Waals surface area contributed by atoms with E-state index in [2.05, 4.69) is 36.5 Å². The van der Waals surface area contributed by atoms with Crippen molar-refractivity contribution in [1.82, 2.24) is 0 Å². The zero-order valence-corrected chi connectivity index (χ0v) is 16.2. The number of carbonyl (C=O) groups is 2. The van der Waals surface area contributed by atoms with Crippen LogP contribution in [0.1, 0.15) is 45.3 Å². The molecule has 138 valence electrons. The molecule has 1 aliphatic rings. The number of anilines is 1. The number of amides is 2. The Balaban J connectivity index is 1.61. The van der Waals surface area contributed by atoms with Crippen molar-refractivity contribution in [3.05, 3.63) is 51.4 Å². The van der Waals surface area contributed by atoms with Crippen LogP contribution < -0.4 is 16.0 Å². The zero-order chi connectivity index (χ0) is 18.7. The maximum absolute atomic E-state index is 12.4. The fourth-order valence-electron chi connectivity index (χ4n) is 3.50. The molecule has 0 bridgehead atoms. The molecule has 0 saturated heterocycles. The van der Waals surface area contributed by atoms with Crippen LogP contribution in [-0.2, 0) is 30.6 Å². The summed E-state index contributed by atoms with van der Waals surface area (Å²) in [5.74, 6) is -0.536. The molecule has 0 fully saturated rings. The number of aryl methyl sites for hydroxylation is 2. The molecule has 6 heteroatoms. The monoisotopic (exact) mass is 372 g/mol. The second kappa shape index (κ2) is 8.01. The largest absolute Gasteiger partial charge is 0.365 e. The number of primary amides is 1. The summed E-state index contributed by atoms with van der Waals surface area (Å²) >= 11 is 1.50. The summed E-state index contributed by atoms with van der Waals surface area (Å²) in [6.07, 6.45) is 3.92. The highest BCUT2D eigenvalue weighted by Crippen LogP contribution is 2.38. The van der Waals surface area contributed by atoms with E-state index in [9.17, 15) is 9.59 Å². The molecule has 0 radical (unpaired) electrons. The highest BCUT2D eigenvalue weighted by Gasteiger charge is 2.26. The fraction of sp³-hybridized carbons (Fsp3) is 0.400. The number of carbonyl (C=O) groups excluding carboxylic acids is 2. The smallest absolute Gasteiger partial charge is 0.280 e. The van der Waals surface area contributed by atoms with E-state index < -0.39 is 5.91 Å². The first-order chi connectivity index (χ1) is 12.5. The van der Waals surface area contributed by atoms with E-state index in [-0.39, 0.29) is 5.91 Å². The number of quaternary nitrogens is 1. The molecule has 0 saturated carbocycles. The SMILES string of the molecule is CCc1ccc(C[NH+](C)CC(=O)Nc2sc3c(c2C(N)=O)CCC3)cc1. The van der Waals surface area contributed by atoms with Gasteiger partial charge in [-0.2, -0.15) is 0 Å². The van der Waals surface area contributed by atoms with Crippen molar-refractivity contribution >= 4 is 28.2 Å². The van der Waals surface area contributed by atoms with Gasteiger partial charge in [0.25, 0.3) is 11.8 Å². The lowest BCUT2D eigenvalue weighted by Gasteiger charge is -2.14. The molecule has 1 unspecified atom stereocenters. The van der Waals surface area contributed by atoms with E-state index in [1.165, 1.54) is 27.3 Å². The normalized spacial score (nSPS) is 14.1. The molecule has 0 aliphatic heterocycles. The van der Waals surface area contributed by atoms with Crippen molar-refractivity contribution < 1.29 is 14.5 Å². The summed E-state index contributed by atoms with van der Waals surface area (Å²) in [7, 11) is 2.00. The van der Waals surface area contributed by atoms with Gasteiger partial charge in [-0.25, -0.2) is 0 Å². The Morgan fingerprint density at radius 2 is 1.88 bits per heavy atom. The van der Waals surface area contributed by atoms with Gasteiger partial charge in [-0.1, -0.05) is 31.2 Å². The first kappa shape index (κ1) is 18.6. The highest BCUT2D eigenvalue weighted by molar-refractivity contribution is 7.17. The van der Waals surface area contributed by atoms with Crippen LogP contribution in [0.3, 0.4) is 0 Å². The van der Waals surface area contributed by atoms with Crippen molar-refractivity contribution in [3.8, 4) is 0 Å². The van der Waals surface area contributed by atoms with Gasteiger partial charge in [0.1, 0.15) is 11.5 Å². The van der Waals surface area contributed by atoms with Crippen molar-refractivity contribution in [2.45, 2.75) is 39.2 Å². The Morgan fingerprint density at radius 1 is 1.19 bits per heavy atom. The molecule has 5 nitrogen and oxygen atoms in total. The van der Waals surface area contributed by atoms with E-state index in [4.69, 9.17) is 5.73 Å². The van der Waals surface area contributed by atoms with E-state index in [0.717, 1.165) is 42.7 Å². The molecule has 1 aromatic carbocycles. The van der Waals surface area contributed by atoms with Crippen LogP contribution in [0.15, 0.2) is 24.3 Å². The maximum Gasteiger partial charge on any atom is 0.280 e. The molecular formula is C20H26N3O2S+. The van der Waals surface area contributed by atoms with Gasteiger partial charge < -0.3 is 16.0 Å². The molecular weight excluding hydrogens is 346 g/mol. The van der Waals surface area contributed by atoms with Gasteiger partial charge in [0.2, 0.25) is 0 Å². The third-order valence-corrected chi connectivity index (χ3v) is 6.03. The predicted octanol–water partition coefficient (Wildman–Crippen LogP) is 1.55. The summed E-state index contributed by atoms with van der Waals surface area (Å²) in [4.78, 5) is 26.5. The van der Waals surface area contributed by atoms with Gasteiger partial charge in [0, 0.05) is 10.4 Å². The number of rotatable bonds is 7. The van der Waals surface area contributed by atoms with Crippen LogP contribution in [-0.4, -0.2) is 25.4 Å². The van der Waals surface area contributed by atoms with Gasteiger partial charge in [-0.3, -0.25) is 9.59 Å². The topological polar surface area (TPSA) is 76.6 Å². The first-order valence-electron chi connectivity index (χ1n) is 9.11. The summed E-state index contributed by atoms with van der Waals surface area (Å²) in [5.41, 5.74) is 9.62. The molecule has 1 aromatic heterocycles. The minimum atomic E-state index is -0.448. The summed E-state index contributed by atoms with van der Waals surface area (Å²) in [6.45, 7) is 3.26. The van der Waals surface area contributed by atoms with E-state index in [1.807, 2.05) is 7.05 Å². The second-order valence-electron chi connectivity index (χ2n) is 6.95. The van der Waals surface area contributed by atoms with Crippen LogP contribution in [0, 0.1) is 0 Å². The van der Waals surface area contributed by atoms with Crippen LogP contribution in [0.25, 0.3) is 0 Å². The Hall–Kier alpha value is -2.18. The quantitative estimate of drug-likeness (QED) is 0.690. The minimum absolute atomic E-state index is 0.0879. The standard InChI is InChI=1S/C20H25N3O2S/c1-3-13-7-9-14(10-8-13)11-23(2)12-17(24)22-20-18(19(21)25)15-5-4-6-16(15)26-20/h7-10H,3-6,11-12H2,1-2H3,(H2,21,25)(H,22,24)/p+1. The third kappa shape index (κ3) is 4.14. The Labute approximate surface area is 158 Å². The maximum atomic E-state index is 12.4. The Kier molecular flexibility index (Phi) is 5.74. The molecule has 2 amide bonds. The number of hydrogen-bond donors (Lipinski definition) is 3. The van der Waals surface area contributed by atoms with Crippen molar-refractivity contribution in [2.24, 2.45) is 5.73 Å². The lowest BCUT2D eigenvalue weighted by molar-refractivity contribution is -0.885.